The van der Waals surface area contributed by atoms with Gasteiger partial charge in [-0.1, -0.05) is 194 Å². The topological polar surface area (TPSA) is 149 Å². The van der Waals surface area contributed by atoms with Gasteiger partial charge in [-0.15, -0.1) is 0 Å². The molecule has 4 fully saturated rings. The van der Waals surface area contributed by atoms with E-state index < -0.39 is 0 Å². The molecule has 0 amide bonds. The Morgan fingerprint density at radius 2 is 0.597 bits per heavy atom. The average Bonchev–Trinajstić information content (AvgIpc) is 3.34. The zero-order valence-electron chi connectivity index (χ0n) is 47.4. The van der Waals surface area contributed by atoms with Gasteiger partial charge < -0.3 is 20.4 Å². The van der Waals surface area contributed by atoms with Crippen LogP contribution in [0.15, 0.2) is 0 Å². The van der Waals surface area contributed by atoms with Gasteiger partial charge in [-0.3, -0.25) is 19.2 Å². The summed E-state index contributed by atoms with van der Waals surface area (Å²) >= 11 is 0. The number of aliphatic hydroxyl groups excluding tert-OH is 4. The van der Waals surface area contributed by atoms with Crippen molar-refractivity contribution in [3.8, 4) is 0 Å². The van der Waals surface area contributed by atoms with Crippen molar-refractivity contribution in [1.82, 2.24) is 0 Å². The molecule has 4 N–H and O–H groups in total. The van der Waals surface area contributed by atoms with E-state index in [1.807, 2.05) is 6.92 Å². The standard InChI is InChI=1S/C17H32O2.C16H30O2.C15H28O2.C14H26O2.2Ac/c1-15(12-13-18)14-16-10-8-6-4-2-3-5-7-9-11-17(16)19;1-14(13-17)12-15-10-8-6-4-2-3-5-7-9-11-16(15)18;16-13-9-11-14-10-7-5-3-1-2-4-6-8-12-15(14)17;15-12-11-13-9-7-5-3-1-2-4-6-8-10-14(13)16;;/h15-16,18H,2-14H2,1H3;14-15,17H,2-13H2,1H3;14,16H,1-13H2;13,15H,1-12H2;;. The molecule has 0 saturated heterocycles. The molecular formula is C62H116Ac2O8. The third-order valence-electron chi connectivity index (χ3n) is 16.2. The van der Waals surface area contributed by atoms with Crippen LogP contribution in [-0.4, -0.2) is 70.0 Å². The van der Waals surface area contributed by atoms with Crippen molar-refractivity contribution in [1.29, 1.82) is 0 Å². The third-order valence-corrected chi connectivity index (χ3v) is 16.2. The van der Waals surface area contributed by atoms with Crippen LogP contribution in [0.25, 0.3) is 0 Å². The van der Waals surface area contributed by atoms with Crippen molar-refractivity contribution in [2.24, 2.45) is 35.5 Å². The van der Waals surface area contributed by atoms with Crippen LogP contribution in [0.2, 0.25) is 0 Å². The molecule has 6 atom stereocenters. The SMILES string of the molecule is CC(CCO)CC1CCCCCCCCCCC1=O.CC(CO)CC1CCCCCCCCCCC1=O.O=C1CCCCCCCCCCC1CCCO.O=C1CCCCCCCCCCC1CCO.[Ac].[Ac]. The zero-order chi connectivity index (χ0) is 51.1. The van der Waals surface area contributed by atoms with E-state index in [1.54, 1.807) is 0 Å². The van der Waals surface area contributed by atoms with Crippen molar-refractivity contribution in [2.45, 2.75) is 309 Å². The second kappa shape index (κ2) is 55.7. The molecule has 0 heterocycles. The zero-order valence-corrected chi connectivity index (χ0v) is 56.9. The molecule has 72 heavy (non-hydrogen) atoms. The fourth-order valence-electron chi connectivity index (χ4n) is 11.4. The molecule has 4 saturated carbocycles. The minimum atomic E-state index is 0. The Kier molecular flexibility index (Phi) is 58.4. The molecule has 4 aliphatic carbocycles. The van der Waals surface area contributed by atoms with Gasteiger partial charge in [0.25, 0.3) is 0 Å². The molecule has 0 aromatic rings. The molecule has 8 nitrogen and oxygen atoms in total. The van der Waals surface area contributed by atoms with Crippen molar-refractivity contribution in [2.75, 3.05) is 26.4 Å². The molecule has 6 unspecified atom stereocenters. The van der Waals surface area contributed by atoms with E-state index >= 15 is 0 Å². The van der Waals surface area contributed by atoms with Crippen molar-refractivity contribution < 1.29 is 128 Å². The number of aliphatic hydroxyl groups is 4. The molecular weight excluding hydrogens is 1330 g/mol. The quantitative estimate of drug-likeness (QED) is 0.151. The maximum atomic E-state index is 12.3. The molecule has 10 heteroatoms. The normalized spacial score (nSPS) is 24.9. The van der Waals surface area contributed by atoms with Crippen LogP contribution >= 0.6 is 0 Å². The maximum Gasteiger partial charge on any atom is 0.136 e. The first-order valence-electron chi connectivity index (χ1n) is 30.7. The van der Waals surface area contributed by atoms with Gasteiger partial charge in [-0.05, 0) is 102 Å². The molecule has 0 aromatic carbocycles. The predicted molar refractivity (Wildman–Crippen MR) is 293 cm³/mol. The van der Waals surface area contributed by atoms with E-state index in [0.717, 1.165) is 116 Å². The van der Waals surface area contributed by atoms with Gasteiger partial charge in [0, 0.05) is 164 Å². The van der Waals surface area contributed by atoms with E-state index in [0.29, 0.717) is 35.5 Å². The van der Waals surface area contributed by atoms with Gasteiger partial charge in [0.2, 0.25) is 0 Å². The van der Waals surface area contributed by atoms with Crippen LogP contribution in [-0.2, 0) is 19.2 Å². The van der Waals surface area contributed by atoms with E-state index in [9.17, 15) is 19.2 Å². The monoisotopic (exact) mass is 1440 g/mol. The summed E-state index contributed by atoms with van der Waals surface area (Å²) in [5.41, 5.74) is 0. The van der Waals surface area contributed by atoms with Crippen LogP contribution in [0.3, 0.4) is 0 Å². The Hall–Kier alpha value is 1.40. The molecule has 0 spiro atoms. The Labute approximate surface area is 516 Å². The van der Waals surface area contributed by atoms with Crippen LogP contribution in [0.1, 0.15) is 309 Å². The van der Waals surface area contributed by atoms with E-state index in [1.165, 1.54) is 173 Å². The number of rotatable bonds is 12. The smallest absolute Gasteiger partial charge is 0.136 e. The van der Waals surface area contributed by atoms with Gasteiger partial charge in [0.05, 0.1) is 0 Å². The summed E-state index contributed by atoms with van der Waals surface area (Å²) in [5, 5.41) is 36.0. The number of carbonyl (C=O) groups is 4. The van der Waals surface area contributed by atoms with Crippen molar-refractivity contribution in [3.05, 3.63) is 0 Å². The minimum absolute atomic E-state index is 0. The second-order valence-electron chi connectivity index (χ2n) is 22.9. The number of Topliss-reactive ketones (excluding diaryl/α,β-unsaturated/α-hetero) is 4. The first-order chi connectivity index (χ1) is 34.2. The Bertz CT molecular complexity index is 1230. The molecule has 0 bridgehead atoms. The fraction of sp³-hybridized carbons (Fsp3) is 0.935. The summed E-state index contributed by atoms with van der Waals surface area (Å²) in [4.78, 5) is 48.5. The largest absolute Gasteiger partial charge is 0.396 e. The van der Waals surface area contributed by atoms with Crippen LogP contribution in [0, 0.1) is 124 Å². The Morgan fingerprint density at radius 1 is 0.333 bits per heavy atom. The van der Waals surface area contributed by atoms with Crippen LogP contribution < -0.4 is 0 Å². The fourth-order valence-corrected chi connectivity index (χ4v) is 11.4. The molecule has 0 aromatic heterocycles. The molecule has 2 radical (unpaired) electrons. The Balaban J connectivity index is 0. The van der Waals surface area contributed by atoms with Gasteiger partial charge in [0.1, 0.15) is 23.1 Å². The van der Waals surface area contributed by atoms with Crippen LogP contribution in [0.4, 0.5) is 0 Å². The number of hydrogen-bond donors (Lipinski definition) is 4. The summed E-state index contributed by atoms with van der Waals surface area (Å²) in [6.07, 6.45) is 52.7. The van der Waals surface area contributed by atoms with Gasteiger partial charge in [-0.2, -0.15) is 0 Å². The van der Waals surface area contributed by atoms with Gasteiger partial charge >= 0.3 is 0 Å². The van der Waals surface area contributed by atoms with Gasteiger partial charge in [0.15, 0.2) is 0 Å². The first-order valence-corrected chi connectivity index (χ1v) is 30.7. The number of carbonyl (C=O) groups excluding carboxylic acids is 4. The summed E-state index contributed by atoms with van der Waals surface area (Å²) in [6, 6.07) is 0. The summed E-state index contributed by atoms with van der Waals surface area (Å²) < 4.78 is 0. The average molecular weight is 1440 g/mol. The molecule has 4 aliphatic rings. The van der Waals surface area contributed by atoms with E-state index in [-0.39, 0.29) is 144 Å². The Morgan fingerprint density at radius 3 is 0.889 bits per heavy atom. The van der Waals surface area contributed by atoms with Crippen molar-refractivity contribution in [3.63, 3.8) is 0 Å². The summed E-state index contributed by atoms with van der Waals surface area (Å²) in [7, 11) is 0. The number of hydrogen-bond acceptors (Lipinski definition) is 8. The molecule has 418 valence electrons. The molecule has 4 rings (SSSR count). The molecule has 0 aliphatic heterocycles. The minimum Gasteiger partial charge on any atom is -0.396 e. The van der Waals surface area contributed by atoms with Crippen LogP contribution in [0.5, 0.6) is 0 Å². The first kappa shape index (κ1) is 75.5. The summed E-state index contributed by atoms with van der Waals surface area (Å²) in [6.45, 7) is 5.06. The van der Waals surface area contributed by atoms with E-state index in [4.69, 9.17) is 20.4 Å². The second-order valence-corrected chi connectivity index (χ2v) is 22.9. The number of ketones is 4. The predicted octanol–water partition coefficient (Wildman–Crippen LogP) is 15.9. The van der Waals surface area contributed by atoms with Crippen molar-refractivity contribution >= 4 is 23.1 Å². The van der Waals surface area contributed by atoms with Gasteiger partial charge in [-0.25, -0.2) is 0 Å². The third kappa shape index (κ3) is 44.3. The summed E-state index contributed by atoms with van der Waals surface area (Å²) in [5.74, 6) is 3.41. The van der Waals surface area contributed by atoms with E-state index in [2.05, 4.69) is 6.92 Å². The maximum absolute atomic E-state index is 12.3.